The van der Waals surface area contributed by atoms with E-state index in [1.807, 2.05) is 13.0 Å². The molecule has 0 heterocycles. The van der Waals surface area contributed by atoms with Crippen LogP contribution in [0.4, 0.5) is 0 Å². The summed E-state index contributed by atoms with van der Waals surface area (Å²) in [4.78, 5) is 0. The molecule has 0 atom stereocenters. The molecule has 66 valence electrons. The molecule has 0 aromatic rings. The van der Waals surface area contributed by atoms with Crippen LogP contribution in [0.25, 0.3) is 0 Å². The molecule has 12 heavy (non-hydrogen) atoms. The smallest absolute Gasteiger partial charge is 0.0297 e. The van der Waals surface area contributed by atoms with Gasteiger partial charge in [-0.1, -0.05) is 12.2 Å². The van der Waals surface area contributed by atoms with Crippen molar-refractivity contribution in [3.63, 3.8) is 0 Å². The van der Waals surface area contributed by atoms with Crippen LogP contribution in [-0.2, 0) is 0 Å². The molecule has 1 heteroatoms. The molecule has 0 spiro atoms. The van der Waals surface area contributed by atoms with E-state index in [1.165, 1.54) is 0 Å². The Hall–Kier alpha value is -1.16. The summed E-state index contributed by atoms with van der Waals surface area (Å²) in [5.41, 5.74) is 2.09. The number of nitrogens with one attached hydrogen (secondary N) is 1. The summed E-state index contributed by atoms with van der Waals surface area (Å²) in [7, 11) is 0. The topological polar surface area (TPSA) is 12.0 Å². The van der Waals surface area contributed by atoms with Gasteiger partial charge in [0.1, 0.15) is 0 Å². The van der Waals surface area contributed by atoms with Crippen LogP contribution in [0.2, 0.25) is 0 Å². The number of allylic oxidation sites excluding steroid dienone is 2. The maximum atomic E-state index is 5.17. The maximum Gasteiger partial charge on any atom is 0.0297 e. The fraction of sp³-hybridized carbons (Fsp3) is 0.455. The van der Waals surface area contributed by atoms with Crippen LogP contribution < -0.4 is 5.32 Å². The van der Waals surface area contributed by atoms with Crippen molar-refractivity contribution >= 4 is 0 Å². The molecular formula is C11H17N. The Kier molecular flexibility index (Phi) is 4.96. The molecule has 0 saturated heterocycles. The van der Waals surface area contributed by atoms with Gasteiger partial charge in [-0.3, -0.25) is 0 Å². The van der Waals surface area contributed by atoms with Gasteiger partial charge in [-0.2, -0.15) is 0 Å². The van der Waals surface area contributed by atoms with Gasteiger partial charge >= 0.3 is 0 Å². The lowest BCUT2D eigenvalue weighted by molar-refractivity contribution is 0.682. The largest absolute Gasteiger partial charge is 0.383 e. The molecule has 0 aromatic carbocycles. The van der Waals surface area contributed by atoms with Crippen LogP contribution in [0.3, 0.4) is 0 Å². The molecule has 0 aromatic heterocycles. The Morgan fingerprint density at radius 3 is 2.67 bits per heavy atom. The van der Waals surface area contributed by atoms with E-state index in [2.05, 4.69) is 31.7 Å². The highest BCUT2D eigenvalue weighted by Crippen LogP contribution is 2.01. The summed E-state index contributed by atoms with van der Waals surface area (Å²) < 4.78 is 0. The second-order valence-electron chi connectivity index (χ2n) is 3.20. The summed E-state index contributed by atoms with van der Waals surface area (Å²) in [5.74, 6) is 2.59. The number of hydrogen-bond acceptors (Lipinski definition) is 1. The second-order valence-corrected chi connectivity index (χ2v) is 3.20. The third-order valence-electron chi connectivity index (χ3n) is 1.28. The maximum absolute atomic E-state index is 5.17. The zero-order chi connectivity index (χ0) is 9.56. The SMILES string of the molecule is C#CC/C(C)=C/C(=C)NC(C)C. The minimum atomic E-state index is 0.424. The fourth-order valence-electron chi connectivity index (χ4n) is 0.922. The molecule has 0 aliphatic heterocycles. The summed E-state index contributed by atoms with van der Waals surface area (Å²) in [5, 5.41) is 3.19. The van der Waals surface area contributed by atoms with E-state index in [4.69, 9.17) is 6.42 Å². The Balaban J connectivity index is 3.98. The predicted molar refractivity (Wildman–Crippen MR) is 54.6 cm³/mol. The van der Waals surface area contributed by atoms with Crippen molar-refractivity contribution in [3.05, 3.63) is 23.9 Å². The van der Waals surface area contributed by atoms with Crippen molar-refractivity contribution in [1.29, 1.82) is 0 Å². The lowest BCUT2D eigenvalue weighted by Gasteiger charge is -2.09. The monoisotopic (exact) mass is 163 g/mol. The molecule has 1 N–H and O–H groups in total. The Bertz CT molecular complexity index is 216. The molecule has 0 radical (unpaired) electrons. The van der Waals surface area contributed by atoms with Gasteiger partial charge in [0, 0.05) is 18.2 Å². The molecule has 0 unspecified atom stereocenters. The van der Waals surface area contributed by atoms with Crippen LogP contribution in [0.1, 0.15) is 27.2 Å². The van der Waals surface area contributed by atoms with Gasteiger partial charge in [-0.05, 0) is 26.8 Å². The van der Waals surface area contributed by atoms with Crippen LogP contribution >= 0.6 is 0 Å². The van der Waals surface area contributed by atoms with E-state index in [0.717, 1.165) is 11.3 Å². The predicted octanol–water partition coefficient (Wildman–Crippen LogP) is 2.47. The van der Waals surface area contributed by atoms with Gasteiger partial charge in [0.2, 0.25) is 0 Å². The molecule has 0 amide bonds. The van der Waals surface area contributed by atoms with Crippen molar-refractivity contribution in [2.45, 2.75) is 33.2 Å². The van der Waals surface area contributed by atoms with Gasteiger partial charge < -0.3 is 5.32 Å². The highest BCUT2D eigenvalue weighted by molar-refractivity contribution is 5.21. The molecular weight excluding hydrogens is 146 g/mol. The van der Waals surface area contributed by atoms with Gasteiger partial charge in [0.05, 0.1) is 0 Å². The van der Waals surface area contributed by atoms with E-state index in [-0.39, 0.29) is 0 Å². The zero-order valence-corrected chi connectivity index (χ0v) is 8.15. The van der Waals surface area contributed by atoms with Gasteiger partial charge in [0.15, 0.2) is 0 Å². The number of rotatable bonds is 4. The highest BCUT2D eigenvalue weighted by atomic mass is 14.9. The fourth-order valence-corrected chi connectivity index (χ4v) is 0.922. The van der Waals surface area contributed by atoms with E-state index >= 15 is 0 Å². The van der Waals surface area contributed by atoms with Crippen molar-refractivity contribution in [2.75, 3.05) is 0 Å². The van der Waals surface area contributed by atoms with Crippen LogP contribution in [-0.4, -0.2) is 6.04 Å². The number of hydrogen-bond donors (Lipinski definition) is 1. The molecule has 0 aliphatic rings. The number of terminal acetylenes is 1. The van der Waals surface area contributed by atoms with E-state index in [1.54, 1.807) is 0 Å². The first-order valence-electron chi connectivity index (χ1n) is 4.12. The first-order chi connectivity index (χ1) is 5.56. The Morgan fingerprint density at radius 2 is 2.25 bits per heavy atom. The zero-order valence-electron chi connectivity index (χ0n) is 8.15. The molecule has 0 aliphatic carbocycles. The van der Waals surface area contributed by atoms with Crippen LogP contribution in [0.5, 0.6) is 0 Å². The summed E-state index contributed by atoms with van der Waals surface area (Å²) in [6.07, 6.45) is 7.84. The van der Waals surface area contributed by atoms with Gasteiger partial charge in [-0.25, -0.2) is 0 Å². The molecule has 0 rings (SSSR count). The minimum Gasteiger partial charge on any atom is -0.383 e. The van der Waals surface area contributed by atoms with Crippen LogP contribution in [0.15, 0.2) is 23.9 Å². The van der Waals surface area contributed by atoms with E-state index in [9.17, 15) is 0 Å². The molecule has 0 fully saturated rings. The van der Waals surface area contributed by atoms with Crippen molar-refractivity contribution < 1.29 is 0 Å². The first-order valence-corrected chi connectivity index (χ1v) is 4.12. The summed E-state index contributed by atoms with van der Waals surface area (Å²) in [6.45, 7) is 10.0. The second kappa shape index (κ2) is 5.49. The molecule has 0 bridgehead atoms. The average Bonchev–Trinajstić information content (AvgIpc) is 1.84. The van der Waals surface area contributed by atoms with E-state index < -0.39 is 0 Å². The third kappa shape index (κ3) is 5.61. The van der Waals surface area contributed by atoms with Crippen molar-refractivity contribution in [3.8, 4) is 12.3 Å². The van der Waals surface area contributed by atoms with E-state index in [0.29, 0.717) is 12.5 Å². The quantitative estimate of drug-likeness (QED) is 0.496. The Morgan fingerprint density at radius 1 is 1.67 bits per heavy atom. The summed E-state index contributed by atoms with van der Waals surface area (Å²) in [6, 6.07) is 0.424. The average molecular weight is 163 g/mol. The van der Waals surface area contributed by atoms with Crippen molar-refractivity contribution in [1.82, 2.24) is 5.32 Å². The molecule has 0 saturated carbocycles. The van der Waals surface area contributed by atoms with Crippen molar-refractivity contribution in [2.24, 2.45) is 0 Å². The Labute approximate surface area is 75.6 Å². The highest BCUT2D eigenvalue weighted by Gasteiger charge is 1.93. The van der Waals surface area contributed by atoms with Crippen LogP contribution in [0, 0.1) is 12.3 Å². The minimum absolute atomic E-state index is 0.424. The normalized spacial score (nSPS) is 11.1. The standard InChI is InChI=1S/C11H17N/c1-6-7-10(4)8-11(5)12-9(2)3/h1,8-9,12H,5,7H2,2-4H3/b10-8+. The summed E-state index contributed by atoms with van der Waals surface area (Å²) >= 11 is 0. The third-order valence-corrected chi connectivity index (χ3v) is 1.28. The van der Waals surface area contributed by atoms with Gasteiger partial charge in [-0.15, -0.1) is 12.3 Å². The lowest BCUT2D eigenvalue weighted by atomic mass is 10.2. The molecule has 1 nitrogen and oxygen atoms in total. The first kappa shape index (κ1) is 10.8. The van der Waals surface area contributed by atoms with Gasteiger partial charge in [0.25, 0.3) is 0 Å². The lowest BCUT2D eigenvalue weighted by Crippen LogP contribution is -2.20.